The third kappa shape index (κ3) is 5.49. The molecular formula is C29H31FN4O8. The van der Waals surface area contributed by atoms with Gasteiger partial charge in [0.15, 0.2) is 11.2 Å². The quantitative estimate of drug-likeness (QED) is 0.465. The number of halogens is 1. The standard InChI is InChI=1S/C29H31FN4O8/c1-6-32-14-20(28(38)39)26(36)16(2)21(32)12-22(17(3)30)33-7-9-34(10-8-33)29(40)42-15-18-11-19-25(31(18)4)23(35)13-24(41-5)27(19)37/h11-14H,3,6-10,15H2,1-2,4-5H3,(H,38,39)/b22-12+. The Balaban J connectivity index is 1.45. The summed E-state index contributed by atoms with van der Waals surface area (Å²) in [6.45, 7) is 7.71. The largest absolute Gasteiger partial charge is 0.492 e. The molecule has 0 aromatic carbocycles. The highest BCUT2D eigenvalue weighted by Gasteiger charge is 2.31. The van der Waals surface area contributed by atoms with E-state index in [1.54, 1.807) is 23.4 Å². The lowest BCUT2D eigenvalue weighted by Crippen LogP contribution is -2.48. The molecule has 2 aromatic heterocycles. The Kier molecular flexibility index (Phi) is 8.50. The SMILES string of the molecule is C=C(F)/C(=C\c1c(C)c(=O)c(C(=O)O)cn1CC)N1CCN(C(=O)OCc2cc3c(n2C)C(=O)C=C(OC)C3=O)CC1. The summed E-state index contributed by atoms with van der Waals surface area (Å²) >= 11 is 0. The zero-order valence-electron chi connectivity index (χ0n) is 23.7. The van der Waals surface area contributed by atoms with E-state index in [0.29, 0.717) is 17.9 Å². The molecule has 13 heteroatoms. The Morgan fingerprint density at radius 1 is 1.14 bits per heavy atom. The number of pyridine rings is 1. The van der Waals surface area contributed by atoms with Gasteiger partial charge in [-0.3, -0.25) is 14.4 Å². The van der Waals surface area contributed by atoms with Crippen LogP contribution in [0.25, 0.3) is 6.08 Å². The summed E-state index contributed by atoms with van der Waals surface area (Å²) in [5.74, 6) is -2.97. The van der Waals surface area contributed by atoms with Crippen molar-refractivity contribution in [1.29, 1.82) is 0 Å². The second-order valence-electron chi connectivity index (χ2n) is 9.80. The molecule has 222 valence electrons. The summed E-state index contributed by atoms with van der Waals surface area (Å²) in [6.07, 6.45) is 3.21. The van der Waals surface area contributed by atoms with E-state index in [1.807, 2.05) is 0 Å². The third-order valence-electron chi connectivity index (χ3n) is 7.42. The van der Waals surface area contributed by atoms with Gasteiger partial charge in [-0.05, 0) is 26.0 Å². The van der Waals surface area contributed by atoms with Gasteiger partial charge in [0.1, 0.15) is 23.7 Å². The third-order valence-corrected chi connectivity index (χ3v) is 7.42. The first-order chi connectivity index (χ1) is 19.9. The number of carboxylic acid groups (broad SMARTS) is 1. The molecule has 1 fully saturated rings. The summed E-state index contributed by atoms with van der Waals surface area (Å²) in [4.78, 5) is 65.0. The van der Waals surface area contributed by atoms with Crippen molar-refractivity contribution in [2.45, 2.75) is 27.0 Å². The summed E-state index contributed by atoms with van der Waals surface area (Å²) in [6, 6.07) is 1.50. The van der Waals surface area contributed by atoms with Gasteiger partial charge in [0, 0.05) is 63.3 Å². The van der Waals surface area contributed by atoms with Crippen LogP contribution in [0.1, 0.15) is 55.1 Å². The molecule has 1 amide bonds. The van der Waals surface area contributed by atoms with E-state index < -0.39 is 29.1 Å². The van der Waals surface area contributed by atoms with Gasteiger partial charge in [-0.2, -0.15) is 0 Å². The van der Waals surface area contributed by atoms with E-state index in [9.17, 15) is 33.5 Å². The number of amides is 1. The summed E-state index contributed by atoms with van der Waals surface area (Å²) in [7, 11) is 2.91. The maximum Gasteiger partial charge on any atom is 0.410 e. The molecule has 1 saturated heterocycles. The lowest BCUT2D eigenvalue weighted by Gasteiger charge is -2.36. The highest BCUT2D eigenvalue weighted by Crippen LogP contribution is 2.26. The predicted octanol–water partition coefficient (Wildman–Crippen LogP) is 2.90. The molecule has 3 heterocycles. The molecule has 1 N–H and O–H groups in total. The Morgan fingerprint density at radius 3 is 2.36 bits per heavy atom. The average molecular weight is 583 g/mol. The summed E-state index contributed by atoms with van der Waals surface area (Å²) < 4.78 is 28.2. The van der Waals surface area contributed by atoms with Crippen LogP contribution in [0.5, 0.6) is 0 Å². The van der Waals surface area contributed by atoms with Gasteiger partial charge in [-0.25, -0.2) is 14.0 Å². The number of hydrogen-bond donors (Lipinski definition) is 1. The molecule has 0 radical (unpaired) electrons. The van der Waals surface area contributed by atoms with Crippen molar-refractivity contribution in [3.05, 3.63) is 86.2 Å². The Morgan fingerprint density at radius 2 is 1.79 bits per heavy atom. The molecule has 12 nitrogen and oxygen atoms in total. The van der Waals surface area contributed by atoms with E-state index in [0.717, 1.165) is 6.08 Å². The molecule has 2 aliphatic rings. The number of ether oxygens (including phenoxy) is 2. The second kappa shape index (κ2) is 11.9. The maximum atomic E-state index is 14.7. The number of carbonyl (C=O) groups is 4. The lowest BCUT2D eigenvalue weighted by atomic mass is 10.0. The number of aromatic nitrogens is 2. The fraction of sp³-hybridized carbons (Fsp3) is 0.345. The van der Waals surface area contributed by atoms with Crippen molar-refractivity contribution in [2.75, 3.05) is 33.3 Å². The maximum absolute atomic E-state index is 14.7. The van der Waals surface area contributed by atoms with Crippen LogP contribution in [0, 0.1) is 6.92 Å². The number of piperazine rings is 1. The molecule has 1 aliphatic heterocycles. The Bertz CT molecular complexity index is 1620. The number of Topliss-reactive ketones (excluding diaryl/α,β-unsaturated/α-hetero) is 1. The van der Waals surface area contributed by atoms with E-state index >= 15 is 0 Å². The van der Waals surface area contributed by atoms with Crippen LogP contribution in [0.2, 0.25) is 0 Å². The number of fused-ring (bicyclic) bond motifs is 1. The number of allylic oxidation sites excluding steroid dienone is 3. The average Bonchev–Trinajstić information content (AvgIpc) is 3.30. The number of aryl methyl sites for hydroxylation is 1. The molecule has 0 spiro atoms. The van der Waals surface area contributed by atoms with E-state index in [2.05, 4.69) is 6.58 Å². The van der Waals surface area contributed by atoms with Gasteiger partial charge in [0.25, 0.3) is 0 Å². The van der Waals surface area contributed by atoms with E-state index in [-0.39, 0.29) is 72.4 Å². The number of hydrogen-bond acceptors (Lipinski definition) is 8. The monoisotopic (exact) mass is 582 g/mol. The number of methoxy groups -OCH3 is 1. The summed E-state index contributed by atoms with van der Waals surface area (Å²) in [5, 5.41) is 9.35. The van der Waals surface area contributed by atoms with Crippen LogP contribution < -0.4 is 5.43 Å². The fourth-order valence-electron chi connectivity index (χ4n) is 5.05. The van der Waals surface area contributed by atoms with Crippen molar-refractivity contribution in [3.63, 3.8) is 0 Å². The molecular weight excluding hydrogens is 551 g/mol. The predicted molar refractivity (Wildman–Crippen MR) is 149 cm³/mol. The normalized spacial score (nSPS) is 15.4. The van der Waals surface area contributed by atoms with Crippen molar-refractivity contribution in [3.8, 4) is 0 Å². The van der Waals surface area contributed by atoms with Crippen LogP contribution in [0.4, 0.5) is 9.18 Å². The molecule has 0 atom stereocenters. The van der Waals surface area contributed by atoms with Gasteiger partial charge in [-0.1, -0.05) is 6.58 Å². The van der Waals surface area contributed by atoms with Gasteiger partial charge in [0.2, 0.25) is 11.6 Å². The van der Waals surface area contributed by atoms with Crippen LogP contribution in [-0.4, -0.2) is 81.0 Å². The van der Waals surface area contributed by atoms with Gasteiger partial charge >= 0.3 is 12.1 Å². The van der Waals surface area contributed by atoms with Gasteiger partial charge < -0.3 is 33.5 Å². The van der Waals surface area contributed by atoms with Crippen molar-refractivity contribution in [1.82, 2.24) is 18.9 Å². The first kappa shape index (κ1) is 30.0. The van der Waals surface area contributed by atoms with E-state index in [1.165, 1.54) is 41.8 Å². The molecule has 1 aliphatic carbocycles. The minimum Gasteiger partial charge on any atom is -0.492 e. The molecule has 4 rings (SSSR count). The molecule has 42 heavy (non-hydrogen) atoms. The summed E-state index contributed by atoms with van der Waals surface area (Å²) in [5.41, 5.74) is 0.424. The van der Waals surface area contributed by atoms with Crippen molar-refractivity contribution in [2.24, 2.45) is 7.05 Å². The molecule has 2 aromatic rings. The highest BCUT2D eigenvalue weighted by molar-refractivity contribution is 6.23. The number of nitrogens with zero attached hydrogens (tertiary/aromatic N) is 4. The fourth-order valence-corrected chi connectivity index (χ4v) is 5.05. The van der Waals surface area contributed by atoms with Crippen LogP contribution >= 0.6 is 0 Å². The Hall–Kier alpha value is -4.94. The number of ketones is 2. The first-order valence-electron chi connectivity index (χ1n) is 13.1. The smallest absolute Gasteiger partial charge is 0.410 e. The van der Waals surface area contributed by atoms with Crippen molar-refractivity contribution >= 4 is 29.7 Å². The number of carbonyl (C=O) groups excluding carboxylic acids is 3. The van der Waals surface area contributed by atoms with Gasteiger partial charge in [0.05, 0.1) is 24.1 Å². The zero-order chi connectivity index (χ0) is 30.9. The molecule has 0 unspecified atom stereocenters. The zero-order valence-corrected chi connectivity index (χ0v) is 23.7. The minimum atomic E-state index is -1.34. The van der Waals surface area contributed by atoms with Crippen molar-refractivity contribution < 1.29 is 38.1 Å². The first-order valence-corrected chi connectivity index (χ1v) is 13.1. The van der Waals surface area contributed by atoms with Crippen LogP contribution in [0.15, 0.2) is 47.0 Å². The van der Waals surface area contributed by atoms with Crippen LogP contribution in [0.3, 0.4) is 0 Å². The molecule has 0 saturated carbocycles. The second-order valence-corrected chi connectivity index (χ2v) is 9.80. The Labute approximate surface area is 240 Å². The van der Waals surface area contributed by atoms with Gasteiger partial charge in [-0.15, -0.1) is 0 Å². The topological polar surface area (TPSA) is 140 Å². The number of rotatable bonds is 8. The number of carboxylic acids is 1. The van der Waals surface area contributed by atoms with E-state index in [4.69, 9.17) is 9.47 Å². The van der Waals surface area contributed by atoms with Crippen LogP contribution in [-0.2, 0) is 29.7 Å². The number of aromatic carboxylic acids is 1. The molecule has 0 bridgehead atoms. The highest BCUT2D eigenvalue weighted by atomic mass is 19.1. The lowest BCUT2D eigenvalue weighted by molar-refractivity contribution is 0.0693. The minimum absolute atomic E-state index is 0.0608.